The number of methoxy groups -OCH3 is 1. The fourth-order valence-corrected chi connectivity index (χ4v) is 1.94. The summed E-state index contributed by atoms with van der Waals surface area (Å²) in [6, 6.07) is 1.87. The second-order valence-corrected chi connectivity index (χ2v) is 3.79. The number of carboxylic acids is 1. The Kier molecular flexibility index (Phi) is 2.58. The predicted molar refractivity (Wildman–Crippen MR) is 53.9 cm³/mol. The van der Waals surface area contributed by atoms with Crippen LogP contribution in [0.1, 0.15) is 24.3 Å². The monoisotopic (exact) mass is 207 g/mol. The van der Waals surface area contributed by atoms with E-state index in [1.807, 2.05) is 6.07 Å². The number of hydrogen-bond acceptors (Lipinski definition) is 3. The summed E-state index contributed by atoms with van der Waals surface area (Å²) in [5.74, 6) is -0.179. The van der Waals surface area contributed by atoms with Gasteiger partial charge < -0.3 is 9.84 Å². The molecule has 0 radical (unpaired) electrons. The van der Waals surface area contributed by atoms with Gasteiger partial charge in [-0.3, -0.25) is 9.78 Å². The summed E-state index contributed by atoms with van der Waals surface area (Å²) in [5.41, 5.74) is 0.966. The van der Waals surface area contributed by atoms with E-state index in [9.17, 15) is 4.79 Å². The first-order chi connectivity index (χ1) is 7.22. The maximum Gasteiger partial charge on any atom is 0.307 e. The lowest BCUT2D eigenvalue weighted by atomic mass is 9.70. The molecule has 0 aliphatic heterocycles. The molecule has 4 heteroatoms. The maximum absolute atomic E-state index is 10.9. The smallest absolute Gasteiger partial charge is 0.307 e. The minimum atomic E-state index is -0.714. The summed E-state index contributed by atoms with van der Waals surface area (Å²) in [6.45, 7) is 0. The number of hydrogen-bond donors (Lipinski definition) is 1. The molecule has 2 rings (SSSR count). The van der Waals surface area contributed by atoms with Crippen LogP contribution in [0.5, 0.6) is 5.75 Å². The number of aliphatic carboxylic acids is 1. The van der Waals surface area contributed by atoms with Gasteiger partial charge in [0.1, 0.15) is 5.75 Å². The summed E-state index contributed by atoms with van der Waals surface area (Å²) >= 11 is 0. The van der Waals surface area contributed by atoms with Crippen molar-refractivity contribution >= 4 is 5.97 Å². The highest BCUT2D eigenvalue weighted by Crippen LogP contribution is 2.42. The van der Waals surface area contributed by atoms with Crippen LogP contribution in [0.4, 0.5) is 0 Å². The first kappa shape index (κ1) is 9.96. The number of carbonyl (C=O) groups is 1. The van der Waals surface area contributed by atoms with Crippen molar-refractivity contribution in [3.05, 3.63) is 24.0 Å². The SMILES string of the molecule is COc1cncc(C2CCC2C(=O)O)c1. The highest BCUT2D eigenvalue weighted by atomic mass is 16.5. The van der Waals surface area contributed by atoms with Crippen molar-refractivity contribution in [1.82, 2.24) is 4.98 Å². The molecule has 1 aliphatic carbocycles. The van der Waals surface area contributed by atoms with Crippen LogP contribution in [-0.2, 0) is 4.79 Å². The first-order valence-electron chi connectivity index (χ1n) is 4.94. The zero-order valence-electron chi connectivity index (χ0n) is 8.51. The number of pyridine rings is 1. The van der Waals surface area contributed by atoms with Crippen LogP contribution in [-0.4, -0.2) is 23.2 Å². The van der Waals surface area contributed by atoms with E-state index in [0.717, 1.165) is 18.4 Å². The molecule has 1 aromatic rings. The predicted octanol–water partition coefficient (Wildman–Crippen LogP) is 1.67. The molecule has 1 aromatic heterocycles. The summed E-state index contributed by atoms with van der Waals surface area (Å²) in [4.78, 5) is 14.9. The Morgan fingerprint density at radius 3 is 2.87 bits per heavy atom. The number of nitrogens with zero attached hydrogens (tertiary/aromatic N) is 1. The second-order valence-electron chi connectivity index (χ2n) is 3.79. The molecule has 0 spiro atoms. The highest BCUT2D eigenvalue weighted by Gasteiger charge is 2.37. The Hall–Kier alpha value is -1.58. The third-order valence-corrected chi connectivity index (χ3v) is 2.99. The zero-order chi connectivity index (χ0) is 10.8. The normalized spacial score (nSPS) is 24.3. The number of ether oxygens (including phenoxy) is 1. The molecule has 0 aromatic carbocycles. The Bertz CT molecular complexity index is 378. The molecular weight excluding hydrogens is 194 g/mol. The van der Waals surface area contributed by atoms with Gasteiger partial charge >= 0.3 is 5.97 Å². The lowest BCUT2D eigenvalue weighted by Gasteiger charge is -2.33. The fraction of sp³-hybridized carbons (Fsp3) is 0.455. The highest BCUT2D eigenvalue weighted by molar-refractivity contribution is 5.72. The van der Waals surface area contributed by atoms with Crippen molar-refractivity contribution in [2.75, 3.05) is 7.11 Å². The minimum Gasteiger partial charge on any atom is -0.495 e. The van der Waals surface area contributed by atoms with Gasteiger partial charge in [0.2, 0.25) is 0 Å². The average Bonchev–Trinajstić information content (AvgIpc) is 2.15. The molecule has 1 heterocycles. The van der Waals surface area contributed by atoms with Crippen LogP contribution in [0.3, 0.4) is 0 Å². The average molecular weight is 207 g/mol. The van der Waals surface area contributed by atoms with E-state index in [0.29, 0.717) is 5.75 Å². The molecule has 0 saturated heterocycles. The summed E-state index contributed by atoms with van der Waals surface area (Å²) in [5, 5.41) is 8.94. The molecular formula is C11H13NO3. The van der Waals surface area contributed by atoms with Gasteiger partial charge in [-0.05, 0) is 30.4 Å². The van der Waals surface area contributed by atoms with Crippen LogP contribution < -0.4 is 4.74 Å². The fourth-order valence-electron chi connectivity index (χ4n) is 1.94. The molecule has 1 N–H and O–H groups in total. The largest absolute Gasteiger partial charge is 0.495 e. The Morgan fingerprint density at radius 2 is 2.33 bits per heavy atom. The van der Waals surface area contributed by atoms with E-state index in [-0.39, 0.29) is 11.8 Å². The number of rotatable bonds is 3. The molecule has 2 atom stereocenters. The van der Waals surface area contributed by atoms with Gasteiger partial charge in [0, 0.05) is 6.20 Å². The van der Waals surface area contributed by atoms with Gasteiger partial charge in [-0.1, -0.05) is 0 Å². The Morgan fingerprint density at radius 1 is 1.53 bits per heavy atom. The van der Waals surface area contributed by atoms with Gasteiger partial charge in [0.25, 0.3) is 0 Å². The summed E-state index contributed by atoms with van der Waals surface area (Å²) in [6.07, 6.45) is 5.03. The van der Waals surface area contributed by atoms with Gasteiger partial charge in [-0.15, -0.1) is 0 Å². The number of carboxylic acid groups (broad SMARTS) is 1. The maximum atomic E-state index is 10.9. The van der Waals surface area contributed by atoms with Crippen LogP contribution in [0.2, 0.25) is 0 Å². The third-order valence-electron chi connectivity index (χ3n) is 2.99. The number of aromatic nitrogens is 1. The molecule has 1 aliphatic rings. The molecule has 1 fully saturated rings. The van der Waals surface area contributed by atoms with E-state index < -0.39 is 5.97 Å². The first-order valence-corrected chi connectivity index (χ1v) is 4.94. The van der Waals surface area contributed by atoms with Crippen LogP contribution in [0.15, 0.2) is 18.5 Å². The second kappa shape index (κ2) is 3.88. The zero-order valence-corrected chi connectivity index (χ0v) is 8.51. The lowest BCUT2D eigenvalue weighted by Crippen LogP contribution is -2.30. The molecule has 4 nitrogen and oxygen atoms in total. The van der Waals surface area contributed by atoms with Gasteiger partial charge in [-0.2, -0.15) is 0 Å². The van der Waals surface area contributed by atoms with E-state index >= 15 is 0 Å². The van der Waals surface area contributed by atoms with Gasteiger partial charge in [0.05, 0.1) is 19.2 Å². The molecule has 15 heavy (non-hydrogen) atoms. The molecule has 0 bridgehead atoms. The summed E-state index contributed by atoms with van der Waals surface area (Å²) in [7, 11) is 1.58. The van der Waals surface area contributed by atoms with E-state index in [1.54, 1.807) is 19.5 Å². The summed E-state index contributed by atoms with van der Waals surface area (Å²) < 4.78 is 5.06. The lowest BCUT2D eigenvalue weighted by molar-refractivity contribution is -0.145. The topological polar surface area (TPSA) is 59.4 Å². The molecule has 80 valence electrons. The van der Waals surface area contributed by atoms with Gasteiger partial charge in [0.15, 0.2) is 0 Å². The van der Waals surface area contributed by atoms with Crippen molar-refractivity contribution in [2.24, 2.45) is 5.92 Å². The quantitative estimate of drug-likeness (QED) is 0.819. The van der Waals surface area contributed by atoms with E-state index in [2.05, 4.69) is 4.98 Å². The van der Waals surface area contributed by atoms with Crippen molar-refractivity contribution in [3.63, 3.8) is 0 Å². The van der Waals surface area contributed by atoms with Crippen molar-refractivity contribution in [3.8, 4) is 5.75 Å². The van der Waals surface area contributed by atoms with Crippen LogP contribution in [0.25, 0.3) is 0 Å². The Labute approximate surface area is 87.9 Å². The van der Waals surface area contributed by atoms with Crippen molar-refractivity contribution < 1.29 is 14.6 Å². The van der Waals surface area contributed by atoms with Crippen LogP contribution in [0, 0.1) is 5.92 Å². The van der Waals surface area contributed by atoms with Crippen molar-refractivity contribution in [2.45, 2.75) is 18.8 Å². The minimum absolute atomic E-state index is 0.102. The van der Waals surface area contributed by atoms with E-state index in [1.165, 1.54) is 0 Å². The molecule has 1 saturated carbocycles. The molecule has 0 amide bonds. The van der Waals surface area contributed by atoms with Crippen molar-refractivity contribution in [1.29, 1.82) is 0 Å². The molecule has 2 unspecified atom stereocenters. The van der Waals surface area contributed by atoms with Gasteiger partial charge in [-0.25, -0.2) is 0 Å². The third kappa shape index (κ3) is 1.79. The Balaban J connectivity index is 2.19. The standard InChI is InChI=1S/C11H13NO3/c1-15-8-4-7(5-12-6-8)9-2-3-10(9)11(13)14/h4-6,9-10H,2-3H2,1H3,(H,13,14). The van der Waals surface area contributed by atoms with Crippen LogP contribution >= 0.6 is 0 Å². The van der Waals surface area contributed by atoms with E-state index in [4.69, 9.17) is 9.84 Å².